The van der Waals surface area contributed by atoms with Crippen LogP contribution in [0.1, 0.15) is 44.1 Å². The molecule has 0 atom stereocenters. The van der Waals surface area contributed by atoms with Crippen LogP contribution < -0.4 is 4.74 Å². The number of hydrogen-bond acceptors (Lipinski definition) is 2. The Labute approximate surface area is 118 Å². The lowest BCUT2D eigenvalue weighted by Crippen LogP contribution is -2.20. The molecule has 20 heavy (non-hydrogen) atoms. The van der Waals surface area contributed by atoms with Gasteiger partial charge in [0.05, 0.1) is 12.4 Å². The van der Waals surface area contributed by atoms with Crippen LogP contribution in [-0.4, -0.2) is 13.2 Å². The largest absolute Gasteiger partial charge is 0.462 e. The van der Waals surface area contributed by atoms with Gasteiger partial charge in [0.25, 0.3) is 0 Å². The highest BCUT2D eigenvalue weighted by molar-refractivity contribution is 5.33. The van der Waals surface area contributed by atoms with E-state index >= 15 is 0 Å². The molecule has 0 amide bonds. The fourth-order valence-electron chi connectivity index (χ4n) is 2.70. The van der Waals surface area contributed by atoms with Crippen molar-refractivity contribution in [3.8, 4) is 5.75 Å². The second-order valence-corrected chi connectivity index (χ2v) is 5.08. The molecule has 1 aromatic carbocycles. The molecule has 0 heterocycles. The number of hydrogen-bond donors (Lipinski definition) is 0. The molecule has 1 aliphatic rings. The highest BCUT2D eigenvalue weighted by Crippen LogP contribution is 2.37. The Morgan fingerprint density at radius 1 is 1.10 bits per heavy atom. The molecule has 2 nitrogen and oxygen atoms in total. The first kappa shape index (κ1) is 15.0. The van der Waals surface area contributed by atoms with Gasteiger partial charge in [-0.2, -0.15) is 4.39 Å². The summed E-state index contributed by atoms with van der Waals surface area (Å²) in [5.41, 5.74) is 0.449. The number of methoxy groups -OCH3 is 1. The fraction of sp³-hybridized carbons (Fsp3) is 0.500. The highest BCUT2D eigenvalue weighted by Gasteiger charge is 2.26. The van der Waals surface area contributed by atoms with Crippen molar-refractivity contribution in [2.75, 3.05) is 7.11 Å². The number of ether oxygens (including phenoxy) is 2. The first-order chi connectivity index (χ1) is 9.67. The molecule has 0 radical (unpaired) electrons. The first-order valence-corrected chi connectivity index (χ1v) is 6.95. The van der Waals surface area contributed by atoms with Gasteiger partial charge < -0.3 is 9.47 Å². The normalized spacial score (nSPS) is 23.2. The summed E-state index contributed by atoms with van der Waals surface area (Å²) in [5, 5.41) is 0. The molecule has 1 aromatic rings. The monoisotopic (exact) mass is 282 g/mol. The molecule has 1 fully saturated rings. The van der Waals surface area contributed by atoms with Crippen LogP contribution in [0.25, 0.3) is 0 Å². The van der Waals surface area contributed by atoms with E-state index in [1.165, 1.54) is 12.3 Å². The quantitative estimate of drug-likeness (QED) is 0.754. The fourth-order valence-corrected chi connectivity index (χ4v) is 2.70. The van der Waals surface area contributed by atoms with Gasteiger partial charge >= 0.3 is 0 Å². The van der Waals surface area contributed by atoms with Crippen molar-refractivity contribution < 1.29 is 18.3 Å². The second kappa shape index (κ2) is 6.84. The van der Waals surface area contributed by atoms with Gasteiger partial charge in [-0.05, 0) is 50.2 Å². The molecule has 0 saturated heterocycles. The van der Waals surface area contributed by atoms with Gasteiger partial charge in [0.1, 0.15) is 0 Å². The molecule has 110 valence electrons. The number of halogens is 2. The van der Waals surface area contributed by atoms with E-state index in [2.05, 4.69) is 0 Å². The van der Waals surface area contributed by atoms with Crippen LogP contribution >= 0.6 is 0 Å². The minimum Gasteiger partial charge on any atom is -0.462 e. The molecular formula is C16H20F2O2. The lowest BCUT2D eigenvalue weighted by atomic mass is 9.82. The Balaban J connectivity index is 2.15. The Hall–Kier alpha value is -1.42. The molecular weight excluding hydrogens is 262 g/mol. The maximum Gasteiger partial charge on any atom is 0.201 e. The molecule has 0 aliphatic heterocycles. The molecule has 0 N–H and O–H groups in total. The van der Waals surface area contributed by atoms with Crippen LogP contribution in [-0.2, 0) is 4.74 Å². The van der Waals surface area contributed by atoms with Crippen LogP contribution in [0.2, 0.25) is 0 Å². The molecule has 2 rings (SSSR count). The topological polar surface area (TPSA) is 18.5 Å². The summed E-state index contributed by atoms with van der Waals surface area (Å²) in [6.45, 7) is 1.75. The lowest BCUT2D eigenvalue weighted by Gasteiger charge is -2.28. The summed E-state index contributed by atoms with van der Waals surface area (Å²) < 4.78 is 38.4. The van der Waals surface area contributed by atoms with Crippen LogP contribution in [0.4, 0.5) is 8.78 Å². The molecule has 4 heteroatoms. The zero-order valence-corrected chi connectivity index (χ0v) is 11.9. The van der Waals surface area contributed by atoms with Gasteiger partial charge in [0, 0.05) is 7.11 Å². The Morgan fingerprint density at radius 2 is 1.80 bits per heavy atom. The lowest BCUT2D eigenvalue weighted by molar-refractivity contribution is 0.0655. The predicted octanol–water partition coefficient (Wildman–Crippen LogP) is 4.55. The van der Waals surface area contributed by atoms with Crippen molar-refractivity contribution in [1.82, 2.24) is 0 Å². The Bertz CT molecular complexity index is 478. The first-order valence-electron chi connectivity index (χ1n) is 6.95. The SMILES string of the molecule is CC=COc1ccc(C2CCC(OC)CC2)c(F)c1F. The minimum atomic E-state index is -0.908. The number of benzene rings is 1. The van der Waals surface area contributed by atoms with Gasteiger partial charge in [-0.15, -0.1) is 0 Å². The van der Waals surface area contributed by atoms with E-state index in [-0.39, 0.29) is 17.8 Å². The summed E-state index contributed by atoms with van der Waals surface area (Å²) in [7, 11) is 1.69. The van der Waals surface area contributed by atoms with Crippen molar-refractivity contribution in [2.24, 2.45) is 0 Å². The minimum absolute atomic E-state index is 0.0617. The highest BCUT2D eigenvalue weighted by atomic mass is 19.2. The predicted molar refractivity (Wildman–Crippen MR) is 73.8 cm³/mol. The summed E-state index contributed by atoms with van der Waals surface area (Å²) in [6, 6.07) is 3.13. The van der Waals surface area contributed by atoms with E-state index in [0.717, 1.165) is 25.7 Å². The molecule has 0 aromatic heterocycles. The van der Waals surface area contributed by atoms with Crippen LogP contribution in [0, 0.1) is 11.6 Å². The summed E-state index contributed by atoms with van der Waals surface area (Å²) in [4.78, 5) is 0. The van der Waals surface area contributed by atoms with Crippen molar-refractivity contribution in [3.63, 3.8) is 0 Å². The number of rotatable bonds is 4. The van der Waals surface area contributed by atoms with Crippen molar-refractivity contribution in [1.29, 1.82) is 0 Å². The second-order valence-electron chi connectivity index (χ2n) is 5.08. The Morgan fingerprint density at radius 3 is 2.40 bits per heavy atom. The van der Waals surface area contributed by atoms with E-state index in [1.807, 2.05) is 0 Å². The van der Waals surface area contributed by atoms with Crippen LogP contribution in [0.15, 0.2) is 24.5 Å². The molecule has 0 spiro atoms. The van der Waals surface area contributed by atoms with Gasteiger partial charge in [-0.3, -0.25) is 0 Å². The molecule has 0 unspecified atom stereocenters. The third kappa shape index (κ3) is 3.18. The average molecular weight is 282 g/mol. The molecule has 0 bridgehead atoms. The number of allylic oxidation sites excluding steroid dienone is 1. The average Bonchev–Trinajstić information content (AvgIpc) is 2.49. The van der Waals surface area contributed by atoms with Crippen molar-refractivity contribution in [3.05, 3.63) is 41.7 Å². The van der Waals surface area contributed by atoms with Crippen molar-refractivity contribution >= 4 is 0 Å². The maximum atomic E-state index is 14.1. The molecule has 1 saturated carbocycles. The maximum absolute atomic E-state index is 14.1. The third-order valence-corrected chi connectivity index (χ3v) is 3.86. The van der Waals surface area contributed by atoms with E-state index in [4.69, 9.17) is 9.47 Å². The van der Waals surface area contributed by atoms with Gasteiger partial charge in [-0.1, -0.05) is 12.1 Å². The van der Waals surface area contributed by atoms with Crippen molar-refractivity contribution in [2.45, 2.75) is 44.6 Å². The van der Waals surface area contributed by atoms with Gasteiger partial charge in [0.2, 0.25) is 5.82 Å². The smallest absolute Gasteiger partial charge is 0.201 e. The zero-order valence-electron chi connectivity index (χ0n) is 11.9. The van der Waals surface area contributed by atoms with Crippen LogP contribution in [0.3, 0.4) is 0 Å². The van der Waals surface area contributed by atoms with Gasteiger partial charge in [0.15, 0.2) is 11.6 Å². The Kier molecular flexibility index (Phi) is 5.12. The van der Waals surface area contributed by atoms with Gasteiger partial charge in [-0.25, -0.2) is 4.39 Å². The standard InChI is InChI=1S/C16H20F2O2/c1-3-10-20-14-9-8-13(15(17)16(14)18)11-4-6-12(19-2)7-5-11/h3,8-12H,4-7H2,1-2H3. The van der Waals surface area contributed by atoms with E-state index in [9.17, 15) is 8.78 Å². The van der Waals surface area contributed by atoms with Crippen LogP contribution in [0.5, 0.6) is 5.75 Å². The summed E-state index contributed by atoms with van der Waals surface area (Å²) in [5.74, 6) is -1.70. The summed E-state index contributed by atoms with van der Waals surface area (Å²) in [6.07, 6.45) is 6.63. The molecule has 1 aliphatic carbocycles. The summed E-state index contributed by atoms with van der Waals surface area (Å²) >= 11 is 0. The van der Waals surface area contributed by atoms with E-state index in [1.54, 1.807) is 26.2 Å². The third-order valence-electron chi connectivity index (χ3n) is 3.86. The zero-order chi connectivity index (χ0) is 14.5. The van der Waals surface area contributed by atoms with E-state index < -0.39 is 11.6 Å². The van der Waals surface area contributed by atoms with E-state index in [0.29, 0.717) is 5.56 Å².